The molecule has 4 rings (SSSR count). The second-order valence-corrected chi connectivity index (χ2v) is 7.21. The zero-order valence-corrected chi connectivity index (χ0v) is 16.3. The van der Waals surface area contributed by atoms with Gasteiger partial charge in [-0.15, -0.1) is 0 Å². The average molecular weight is 397 g/mol. The van der Waals surface area contributed by atoms with E-state index < -0.39 is 0 Å². The monoisotopic (exact) mass is 396 g/mol. The van der Waals surface area contributed by atoms with E-state index in [1.165, 1.54) is 5.56 Å². The van der Waals surface area contributed by atoms with Crippen molar-refractivity contribution in [2.45, 2.75) is 6.54 Å². The van der Waals surface area contributed by atoms with Crippen LogP contribution in [0.25, 0.3) is 22.6 Å². The van der Waals surface area contributed by atoms with Crippen LogP contribution in [0.3, 0.4) is 0 Å². The molecule has 0 N–H and O–H groups in total. The van der Waals surface area contributed by atoms with Gasteiger partial charge in [0.15, 0.2) is 0 Å². The minimum Gasteiger partial charge on any atom is -0.342 e. The standard InChI is InChI=1S/C25H17ClN2O/c26-23-10-11-24-22(12-21(14-27)20-8-6-19(17-29)7-9-20)16-28(25(24)13-23)15-18-4-2-1-3-5-18/h1-13,16-17H,15H2/b21-12+. The van der Waals surface area contributed by atoms with E-state index in [0.29, 0.717) is 22.7 Å². The zero-order valence-electron chi connectivity index (χ0n) is 15.5. The number of nitrogens with zero attached hydrogens (tertiary/aromatic N) is 2. The summed E-state index contributed by atoms with van der Waals surface area (Å²) in [6.45, 7) is 0.710. The lowest BCUT2D eigenvalue weighted by Crippen LogP contribution is -1.97. The fourth-order valence-electron chi connectivity index (χ4n) is 3.40. The van der Waals surface area contributed by atoms with Crippen LogP contribution < -0.4 is 0 Å². The van der Waals surface area contributed by atoms with Crippen LogP contribution in [-0.2, 0) is 6.54 Å². The van der Waals surface area contributed by atoms with Gasteiger partial charge in [0.25, 0.3) is 0 Å². The first-order valence-corrected chi connectivity index (χ1v) is 9.55. The lowest BCUT2D eigenvalue weighted by Gasteiger charge is -2.05. The first-order chi connectivity index (χ1) is 14.2. The molecule has 0 aliphatic heterocycles. The summed E-state index contributed by atoms with van der Waals surface area (Å²) in [6.07, 6.45) is 4.72. The topological polar surface area (TPSA) is 45.8 Å². The van der Waals surface area contributed by atoms with E-state index in [2.05, 4.69) is 22.8 Å². The first-order valence-electron chi connectivity index (χ1n) is 9.17. The second-order valence-electron chi connectivity index (χ2n) is 6.77. The van der Waals surface area contributed by atoms with Crippen LogP contribution in [0.2, 0.25) is 5.02 Å². The van der Waals surface area contributed by atoms with E-state index in [9.17, 15) is 10.1 Å². The van der Waals surface area contributed by atoms with Crippen LogP contribution in [0.4, 0.5) is 0 Å². The van der Waals surface area contributed by atoms with Crippen LogP contribution in [0.15, 0.2) is 79.0 Å². The Balaban J connectivity index is 1.81. The van der Waals surface area contributed by atoms with E-state index in [1.807, 2.05) is 48.7 Å². The van der Waals surface area contributed by atoms with E-state index in [1.54, 1.807) is 24.3 Å². The molecule has 0 radical (unpaired) electrons. The highest BCUT2D eigenvalue weighted by Crippen LogP contribution is 2.29. The summed E-state index contributed by atoms with van der Waals surface area (Å²) in [5.41, 5.74) is 5.04. The van der Waals surface area contributed by atoms with Crippen LogP contribution in [0.1, 0.15) is 27.0 Å². The normalized spacial score (nSPS) is 11.4. The summed E-state index contributed by atoms with van der Waals surface area (Å²) in [5, 5.41) is 11.4. The number of halogens is 1. The number of carbonyl (C=O) groups is 1. The van der Waals surface area contributed by atoms with Crippen molar-refractivity contribution < 1.29 is 4.79 Å². The lowest BCUT2D eigenvalue weighted by molar-refractivity contribution is 0.112. The zero-order chi connectivity index (χ0) is 20.2. The largest absolute Gasteiger partial charge is 0.342 e. The molecule has 3 aromatic carbocycles. The van der Waals surface area contributed by atoms with Crippen molar-refractivity contribution in [3.63, 3.8) is 0 Å². The van der Waals surface area contributed by atoms with Gasteiger partial charge in [-0.25, -0.2) is 0 Å². The molecule has 140 valence electrons. The van der Waals surface area contributed by atoms with Crippen molar-refractivity contribution in [1.82, 2.24) is 4.57 Å². The Hall–Kier alpha value is -3.61. The Bertz CT molecular complexity index is 1250. The highest BCUT2D eigenvalue weighted by atomic mass is 35.5. The molecular formula is C25H17ClN2O. The van der Waals surface area contributed by atoms with E-state index in [4.69, 9.17) is 11.6 Å². The molecule has 1 heterocycles. The number of hydrogen-bond donors (Lipinski definition) is 0. The molecule has 0 aliphatic rings. The Morgan fingerprint density at radius 2 is 1.79 bits per heavy atom. The van der Waals surface area contributed by atoms with Gasteiger partial charge in [0.1, 0.15) is 6.29 Å². The smallest absolute Gasteiger partial charge is 0.150 e. The van der Waals surface area contributed by atoms with Gasteiger partial charge in [-0.2, -0.15) is 5.26 Å². The molecule has 4 aromatic rings. The Labute approximate surface area is 174 Å². The number of rotatable bonds is 5. The maximum atomic E-state index is 10.9. The van der Waals surface area contributed by atoms with Gasteiger partial charge in [-0.3, -0.25) is 4.79 Å². The summed E-state index contributed by atoms with van der Waals surface area (Å²) in [5.74, 6) is 0. The van der Waals surface area contributed by atoms with Crippen molar-refractivity contribution in [1.29, 1.82) is 5.26 Å². The Morgan fingerprint density at radius 3 is 2.48 bits per heavy atom. The SMILES string of the molecule is N#C/C(=C\c1cn(Cc2ccccc2)c2cc(Cl)ccc12)c1ccc(C=O)cc1. The molecule has 0 unspecified atom stereocenters. The summed E-state index contributed by atoms with van der Waals surface area (Å²) in [4.78, 5) is 10.9. The number of fused-ring (bicyclic) bond motifs is 1. The van der Waals surface area contributed by atoms with Crippen LogP contribution >= 0.6 is 11.6 Å². The molecule has 0 amide bonds. The van der Waals surface area contributed by atoms with Crippen molar-refractivity contribution in [3.05, 3.63) is 106 Å². The quantitative estimate of drug-likeness (QED) is 0.297. The first kappa shape index (κ1) is 18.7. The number of aromatic nitrogens is 1. The van der Waals surface area contributed by atoms with Crippen LogP contribution in [-0.4, -0.2) is 10.9 Å². The Morgan fingerprint density at radius 1 is 1.03 bits per heavy atom. The van der Waals surface area contributed by atoms with Crippen LogP contribution in [0.5, 0.6) is 0 Å². The van der Waals surface area contributed by atoms with Gasteiger partial charge in [0, 0.05) is 34.3 Å². The number of allylic oxidation sites excluding steroid dienone is 1. The van der Waals surface area contributed by atoms with E-state index in [-0.39, 0.29) is 0 Å². The minimum absolute atomic E-state index is 0.538. The molecule has 0 saturated carbocycles. The molecular weight excluding hydrogens is 380 g/mol. The molecule has 0 bridgehead atoms. The molecule has 0 atom stereocenters. The number of nitriles is 1. The van der Waals surface area contributed by atoms with E-state index >= 15 is 0 Å². The molecule has 1 aromatic heterocycles. The third kappa shape index (κ3) is 3.99. The van der Waals surface area contributed by atoms with Gasteiger partial charge in [0.2, 0.25) is 0 Å². The fraction of sp³-hybridized carbons (Fsp3) is 0.0400. The lowest BCUT2D eigenvalue weighted by atomic mass is 10.0. The highest BCUT2D eigenvalue weighted by molar-refractivity contribution is 6.31. The van der Waals surface area contributed by atoms with Crippen LogP contribution in [0, 0.1) is 11.3 Å². The summed E-state index contributed by atoms with van der Waals surface area (Å²) in [6, 6.07) is 25.3. The molecule has 3 nitrogen and oxygen atoms in total. The van der Waals surface area contributed by atoms with Crippen molar-refractivity contribution in [3.8, 4) is 6.07 Å². The van der Waals surface area contributed by atoms with E-state index in [0.717, 1.165) is 28.3 Å². The molecule has 0 aliphatic carbocycles. The number of benzene rings is 3. The highest BCUT2D eigenvalue weighted by Gasteiger charge is 2.10. The summed E-state index contributed by atoms with van der Waals surface area (Å²) in [7, 11) is 0. The number of hydrogen-bond acceptors (Lipinski definition) is 2. The van der Waals surface area contributed by atoms with Gasteiger partial charge in [-0.05, 0) is 29.3 Å². The molecule has 0 saturated heterocycles. The maximum Gasteiger partial charge on any atom is 0.150 e. The van der Waals surface area contributed by atoms with Gasteiger partial charge >= 0.3 is 0 Å². The summed E-state index contributed by atoms with van der Waals surface area (Å²) >= 11 is 6.25. The third-order valence-electron chi connectivity index (χ3n) is 4.85. The maximum absolute atomic E-state index is 10.9. The minimum atomic E-state index is 0.538. The van der Waals surface area contributed by atoms with Gasteiger partial charge in [-0.1, -0.05) is 72.3 Å². The number of carbonyl (C=O) groups excluding carboxylic acids is 1. The third-order valence-corrected chi connectivity index (χ3v) is 5.08. The van der Waals surface area contributed by atoms with Crippen molar-refractivity contribution >= 4 is 40.4 Å². The fourth-order valence-corrected chi connectivity index (χ4v) is 3.56. The van der Waals surface area contributed by atoms with Gasteiger partial charge < -0.3 is 4.57 Å². The van der Waals surface area contributed by atoms with Crippen molar-refractivity contribution in [2.24, 2.45) is 0 Å². The molecule has 0 fully saturated rings. The molecule has 0 spiro atoms. The van der Waals surface area contributed by atoms with Crippen molar-refractivity contribution in [2.75, 3.05) is 0 Å². The average Bonchev–Trinajstić information content (AvgIpc) is 3.09. The predicted octanol–water partition coefficient (Wildman–Crippen LogP) is 6.22. The summed E-state index contributed by atoms with van der Waals surface area (Å²) < 4.78 is 2.15. The molecule has 4 heteroatoms. The number of aldehydes is 1. The van der Waals surface area contributed by atoms with Gasteiger partial charge in [0.05, 0.1) is 17.2 Å². The second kappa shape index (κ2) is 8.18. The Kier molecular flexibility index (Phi) is 5.29. The predicted molar refractivity (Wildman–Crippen MR) is 118 cm³/mol. The molecule has 29 heavy (non-hydrogen) atoms.